The summed E-state index contributed by atoms with van der Waals surface area (Å²) in [5, 5.41) is 3.64. The van der Waals surface area contributed by atoms with Gasteiger partial charge in [-0.15, -0.1) is 0 Å². The molecule has 4 rings (SSSR count). The van der Waals surface area contributed by atoms with Crippen molar-refractivity contribution < 1.29 is 22.7 Å². The summed E-state index contributed by atoms with van der Waals surface area (Å²) in [6.45, 7) is 6.06. The van der Waals surface area contributed by atoms with E-state index in [1.54, 1.807) is 25.1 Å². The molecule has 1 N–H and O–H groups in total. The summed E-state index contributed by atoms with van der Waals surface area (Å²) in [6.07, 6.45) is -1.87. The number of fused-ring (bicyclic) bond motifs is 3. The lowest BCUT2D eigenvalue weighted by molar-refractivity contribution is -0.137. The first-order chi connectivity index (χ1) is 14.1. The number of carbonyl (C=O) groups excluding carboxylic acids is 1. The Bertz CT molecular complexity index is 1120. The van der Waals surface area contributed by atoms with E-state index in [1.165, 1.54) is 6.07 Å². The van der Waals surface area contributed by atoms with Gasteiger partial charge >= 0.3 is 6.18 Å². The predicted molar refractivity (Wildman–Crippen MR) is 105 cm³/mol. The predicted octanol–water partition coefficient (Wildman–Crippen LogP) is 4.90. The molecule has 0 spiro atoms. The molecule has 3 aromatic rings. The minimum absolute atomic E-state index is 0.342. The van der Waals surface area contributed by atoms with E-state index >= 15 is 0 Å². The van der Waals surface area contributed by atoms with E-state index in [2.05, 4.69) is 15.3 Å². The number of halogens is 3. The van der Waals surface area contributed by atoms with Crippen LogP contribution >= 0.6 is 0 Å². The Morgan fingerprint density at radius 3 is 2.60 bits per heavy atom. The highest BCUT2D eigenvalue weighted by Gasteiger charge is 2.33. The lowest BCUT2D eigenvalue weighted by Crippen LogP contribution is -2.27. The van der Waals surface area contributed by atoms with Crippen LogP contribution in [0.15, 0.2) is 42.7 Å². The quantitative estimate of drug-likeness (QED) is 0.661. The maximum absolute atomic E-state index is 12.8. The van der Waals surface area contributed by atoms with Gasteiger partial charge in [-0.25, -0.2) is 0 Å². The second-order valence-electron chi connectivity index (χ2n) is 7.85. The van der Waals surface area contributed by atoms with E-state index in [4.69, 9.17) is 4.74 Å². The molecule has 8 heteroatoms. The van der Waals surface area contributed by atoms with Crippen molar-refractivity contribution in [3.05, 3.63) is 70.7 Å². The molecule has 0 saturated heterocycles. The molecule has 0 unspecified atom stereocenters. The van der Waals surface area contributed by atoms with Gasteiger partial charge < -0.3 is 10.1 Å². The Morgan fingerprint density at radius 2 is 1.93 bits per heavy atom. The van der Waals surface area contributed by atoms with Gasteiger partial charge in [0.2, 0.25) is 0 Å². The fourth-order valence-corrected chi connectivity index (χ4v) is 3.58. The zero-order valence-electron chi connectivity index (χ0n) is 16.7. The lowest BCUT2D eigenvalue weighted by Gasteiger charge is -2.18. The molecule has 3 heterocycles. The summed E-state index contributed by atoms with van der Waals surface area (Å²) < 4.78 is 43.9. The summed E-state index contributed by atoms with van der Waals surface area (Å²) in [5.74, 6) is -0.345. The van der Waals surface area contributed by atoms with Crippen molar-refractivity contribution in [3.63, 3.8) is 0 Å². The van der Waals surface area contributed by atoms with Gasteiger partial charge in [-0.2, -0.15) is 13.2 Å². The molecule has 1 amide bonds. The van der Waals surface area contributed by atoms with E-state index in [0.717, 1.165) is 34.3 Å². The molecule has 1 aliphatic rings. The fourth-order valence-electron chi connectivity index (χ4n) is 3.58. The van der Waals surface area contributed by atoms with E-state index in [1.807, 2.05) is 20.0 Å². The number of hydrogen-bond donors (Lipinski definition) is 1. The number of pyridine rings is 2. The van der Waals surface area contributed by atoms with Crippen LogP contribution in [0.2, 0.25) is 0 Å². The van der Waals surface area contributed by atoms with Gasteiger partial charge in [-0.05, 0) is 56.7 Å². The van der Waals surface area contributed by atoms with Crippen molar-refractivity contribution in [1.82, 2.24) is 15.3 Å². The van der Waals surface area contributed by atoms with Crippen LogP contribution in [0.4, 0.5) is 13.2 Å². The molecule has 1 atom stereocenters. The number of alkyl halides is 3. The Kier molecular flexibility index (Phi) is 4.77. The summed E-state index contributed by atoms with van der Waals surface area (Å²) >= 11 is 0. The first-order valence-corrected chi connectivity index (χ1v) is 9.46. The molecule has 0 bridgehead atoms. The van der Waals surface area contributed by atoms with Crippen LogP contribution < -0.4 is 5.32 Å². The maximum atomic E-state index is 12.8. The number of benzene rings is 1. The average Bonchev–Trinajstić information content (AvgIpc) is 3.02. The normalized spacial score (nSPS) is 16.3. The Labute approximate surface area is 171 Å². The number of carbonyl (C=O) groups is 1. The first kappa shape index (κ1) is 20.3. The first-order valence-electron chi connectivity index (χ1n) is 9.46. The third-order valence-electron chi connectivity index (χ3n) is 5.37. The van der Waals surface area contributed by atoms with E-state index in [9.17, 15) is 18.0 Å². The Balaban J connectivity index is 1.57. The number of nitrogens with one attached hydrogen (secondary N) is 1. The number of amides is 1. The molecule has 156 valence electrons. The molecule has 0 aliphatic carbocycles. The van der Waals surface area contributed by atoms with Gasteiger partial charge in [0.25, 0.3) is 5.91 Å². The Morgan fingerprint density at radius 1 is 1.17 bits per heavy atom. The van der Waals surface area contributed by atoms with Crippen molar-refractivity contribution >= 4 is 16.8 Å². The van der Waals surface area contributed by atoms with E-state index < -0.39 is 23.4 Å². The topological polar surface area (TPSA) is 64.1 Å². The number of aromatic nitrogens is 2. The highest BCUT2D eigenvalue weighted by atomic mass is 19.4. The molecule has 5 nitrogen and oxygen atoms in total. The van der Waals surface area contributed by atoms with Crippen LogP contribution in [0, 0.1) is 0 Å². The summed E-state index contributed by atoms with van der Waals surface area (Å²) in [7, 11) is 0. The number of ether oxygens (including phenoxy) is 1. The Hall–Kier alpha value is -3.00. The molecule has 1 aromatic carbocycles. The minimum Gasteiger partial charge on any atom is -0.366 e. The van der Waals surface area contributed by atoms with Gasteiger partial charge in [0, 0.05) is 28.9 Å². The summed E-state index contributed by atoms with van der Waals surface area (Å²) in [4.78, 5) is 21.1. The van der Waals surface area contributed by atoms with Crippen LogP contribution in [-0.4, -0.2) is 15.9 Å². The van der Waals surface area contributed by atoms with Gasteiger partial charge in [0.15, 0.2) is 0 Å². The molecule has 0 fully saturated rings. The minimum atomic E-state index is -4.45. The van der Waals surface area contributed by atoms with Gasteiger partial charge in [-0.1, -0.05) is 0 Å². The smallest absolute Gasteiger partial charge is 0.366 e. The van der Waals surface area contributed by atoms with E-state index in [-0.39, 0.29) is 5.91 Å². The number of rotatable bonds is 3. The van der Waals surface area contributed by atoms with Crippen LogP contribution in [0.3, 0.4) is 0 Å². The number of nitrogens with zero attached hydrogens (tertiary/aromatic N) is 2. The number of hydrogen-bond acceptors (Lipinski definition) is 4. The largest absolute Gasteiger partial charge is 0.417 e. The second kappa shape index (κ2) is 7.05. The molecule has 30 heavy (non-hydrogen) atoms. The average molecular weight is 415 g/mol. The lowest BCUT2D eigenvalue weighted by atomic mass is 9.95. The molecule has 1 aliphatic heterocycles. The third kappa shape index (κ3) is 3.63. The molecule has 0 saturated carbocycles. The highest BCUT2D eigenvalue weighted by molar-refractivity contribution is 5.99. The van der Waals surface area contributed by atoms with Crippen molar-refractivity contribution in [3.8, 4) is 0 Å². The van der Waals surface area contributed by atoms with Crippen molar-refractivity contribution in [1.29, 1.82) is 0 Å². The standard InChI is InChI=1S/C22H20F3N3O2/c1-12(18-7-5-14(9-26-18)22(23,24)25)28-20(29)13-4-6-19-15(8-13)16-11-30-21(2,3)17(16)10-27-19/h4-10,12H,11H2,1-3H3,(H,28,29)/t12-/m0/s1. The van der Waals surface area contributed by atoms with Crippen LogP contribution in [0.1, 0.15) is 59.6 Å². The molecule has 0 radical (unpaired) electrons. The fraction of sp³-hybridized carbons (Fsp3) is 0.318. The van der Waals surface area contributed by atoms with Gasteiger partial charge in [-0.3, -0.25) is 14.8 Å². The SMILES string of the molecule is C[C@H](NC(=O)c1ccc2ncc3c(c2c1)COC3(C)C)c1ccc(C(F)(F)F)cn1. The van der Waals surface area contributed by atoms with Crippen LogP contribution in [-0.2, 0) is 23.1 Å². The molecule has 2 aromatic heterocycles. The monoisotopic (exact) mass is 415 g/mol. The zero-order valence-corrected chi connectivity index (χ0v) is 16.7. The van der Waals surface area contributed by atoms with E-state index in [0.29, 0.717) is 17.9 Å². The second-order valence-corrected chi connectivity index (χ2v) is 7.85. The van der Waals surface area contributed by atoms with Gasteiger partial charge in [0.1, 0.15) is 0 Å². The maximum Gasteiger partial charge on any atom is 0.417 e. The highest BCUT2D eigenvalue weighted by Crippen LogP contribution is 2.38. The van der Waals surface area contributed by atoms with Crippen molar-refractivity contribution in [2.24, 2.45) is 0 Å². The third-order valence-corrected chi connectivity index (χ3v) is 5.37. The summed E-state index contributed by atoms with van der Waals surface area (Å²) in [5.41, 5.74) is 2.29. The molecular weight excluding hydrogens is 395 g/mol. The summed E-state index contributed by atoms with van der Waals surface area (Å²) in [6, 6.07) is 6.88. The van der Waals surface area contributed by atoms with Crippen molar-refractivity contribution in [2.75, 3.05) is 0 Å². The van der Waals surface area contributed by atoms with Gasteiger partial charge in [0.05, 0.1) is 35.0 Å². The zero-order chi connectivity index (χ0) is 21.7. The van der Waals surface area contributed by atoms with Crippen molar-refractivity contribution in [2.45, 2.75) is 45.2 Å². The molecular formula is C22H20F3N3O2. The van der Waals surface area contributed by atoms with Crippen LogP contribution in [0.5, 0.6) is 0 Å². The van der Waals surface area contributed by atoms with Crippen LogP contribution in [0.25, 0.3) is 10.9 Å².